The Hall–Kier alpha value is -1.31. The van der Waals surface area contributed by atoms with Gasteiger partial charge in [-0.25, -0.2) is 0 Å². The molecule has 0 saturated carbocycles. The molecule has 3 aromatic rings. The van der Waals surface area contributed by atoms with E-state index in [1.165, 1.54) is 0 Å². The van der Waals surface area contributed by atoms with Crippen LogP contribution in [0.4, 0.5) is 11.5 Å². The number of thiocarbonyl (C=S) groups is 1. The van der Waals surface area contributed by atoms with Crippen LogP contribution in [0.1, 0.15) is 5.56 Å². The van der Waals surface area contributed by atoms with Crippen molar-refractivity contribution in [3.05, 3.63) is 73.8 Å². The molecule has 0 spiro atoms. The van der Waals surface area contributed by atoms with Crippen molar-refractivity contribution in [1.29, 1.82) is 0 Å². The molecule has 1 heterocycles. The molecule has 0 unspecified atom stereocenters. The van der Waals surface area contributed by atoms with Crippen LogP contribution in [-0.2, 0) is 6.54 Å². The molecule has 134 valence electrons. The number of aromatic nitrogens is 2. The van der Waals surface area contributed by atoms with E-state index in [1.54, 1.807) is 22.9 Å². The van der Waals surface area contributed by atoms with E-state index in [0.717, 1.165) is 15.7 Å². The average Bonchev–Trinajstić information content (AvgIpc) is 2.92. The molecule has 26 heavy (non-hydrogen) atoms. The second kappa shape index (κ2) is 8.59. The molecule has 0 aliphatic carbocycles. The maximum atomic E-state index is 6.01. The fourth-order valence-electron chi connectivity index (χ4n) is 2.18. The zero-order chi connectivity index (χ0) is 18.7. The van der Waals surface area contributed by atoms with Crippen molar-refractivity contribution in [2.75, 3.05) is 10.6 Å². The summed E-state index contributed by atoms with van der Waals surface area (Å²) in [5, 5.41) is 12.6. The summed E-state index contributed by atoms with van der Waals surface area (Å²) in [5.41, 5.74) is 1.82. The lowest BCUT2D eigenvalue weighted by atomic mass is 10.2. The molecule has 0 aliphatic rings. The highest BCUT2D eigenvalue weighted by molar-refractivity contribution is 9.10. The molecule has 0 atom stereocenters. The highest BCUT2D eigenvalue weighted by atomic mass is 79.9. The van der Waals surface area contributed by atoms with Crippen molar-refractivity contribution < 1.29 is 0 Å². The molecule has 4 nitrogen and oxygen atoms in total. The van der Waals surface area contributed by atoms with Crippen LogP contribution in [-0.4, -0.2) is 14.9 Å². The van der Waals surface area contributed by atoms with Gasteiger partial charge in [0.1, 0.15) is 0 Å². The van der Waals surface area contributed by atoms with Gasteiger partial charge in [0.05, 0.1) is 21.1 Å². The first kappa shape index (κ1) is 19.5. The van der Waals surface area contributed by atoms with Crippen LogP contribution in [0.2, 0.25) is 15.1 Å². The fraction of sp³-hybridized carbons (Fsp3) is 0.0588. The van der Waals surface area contributed by atoms with E-state index >= 15 is 0 Å². The average molecular weight is 491 g/mol. The van der Waals surface area contributed by atoms with E-state index in [9.17, 15) is 0 Å². The SMILES string of the molecule is S=C(Nc1ccc(Cl)c(Cl)c1)Nc1nn(Cc2ccc(Cl)cc2)cc1Br. The van der Waals surface area contributed by atoms with Gasteiger partial charge in [-0.2, -0.15) is 5.10 Å². The van der Waals surface area contributed by atoms with Gasteiger partial charge in [-0.15, -0.1) is 0 Å². The first-order chi connectivity index (χ1) is 12.4. The molecule has 9 heteroatoms. The predicted octanol–water partition coefficient (Wildman–Crippen LogP) is 6.46. The third-order valence-corrected chi connectivity index (χ3v) is 5.16. The Balaban J connectivity index is 1.65. The summed E-state index contributed by atoms with van der Waals surface area (Å²) in [6.07, 6.45) is 1.87. The van der Waals surface area contributed by atoms with Crippen LogP contribution in [0.3, 0.4) is 0 Å². The van der Waals surface area contributed by atoms with Crippen LogP contribution in [0.25, 0.3) is 0 Å². The molecule has 0 amide bonds. The molecule has 3 rings (SSSR count). The van der Waals surface area contributed by atoms with Crippen molar-refractivity contribution in [1.82, 2.24) is 9.78 Å². The molecule has 1 aromatic heterocycles. The molecule has 0 aliphatic heterocycles. The summed E-state index contributed by atoms with van der Waals surface area (Å²) < 4.78 is 2.60. The number of hydrogen-bond donors (Lipinski definition) is 2. The standard InChI is InChI=1S/C17H12BrCl3N4S/c18-13-9-25(8-10-1-3-11(19)4-2-10)24-16(13)23-17(26)22-12-5-6-14(20)15(21)7-12/h1-7,9H,8H2,(H2,22,23,24,26). The zero-order valence-corrected chi connectivity index (χ0v) is 17.8. The monoisotopic (exact) mass is 488 g/mol. The van der Waals surface area contributed by atoms with Gasteiger partial charge in [0, 0.05) is 16.9 Å². The van der Waals surface area contributed by atoms with Crippen molar-refractivity contribution in [2.45, 2.75) is 6.54 Å². The Labute approximate surface area is 179 Å². The van der Waals surface area contributed by atoms with E-state index in [2.05, 4.69) is 31.7 Å². The zero-order valence-electron chi connectivity index (χ0n) is 13.1. The number of nitrogens with one attached hydrogen (secondary N) is 2. The smallest absolute Gasteiger partial charge is 0.176 e. The van der Waals surface area contributed by atoms with Crippen molar-refractivity contribution in [2.24, 2.45) is 0 Å². The molecule has 0 bridgehead atoms. The third kappa shape index (κ3) is 5.11. The van der Waals surface area contributed by atoms with Gasteiger partial charge >= 0.3 is 0 Å². The maximum Gasteiger partial charge on any atom is 0.176 e. The first-order valence-corrected chi connectivity index (χ1v) is 9.74. The Bertz CT molecular complexity index is 944. The van der Waals surface area contributed by atoms with Gasteiger partial charge in [-0.1, -0.05) is 46.9 Å². The van der Waals surface area contributed by atoms with Crippen LogP contribution in [0, 0.1) is 0 Å². The summed E-state index contributed by atoms with van der Waals surface area (Å²) >= 11 is 26.6. The number of hydrogen-bond acceptors (Lipinski definition) is 2. The molecule has 0 saturated heterocycles. The third-order valence-electron chi connectivity index (χ3n) is 3.38. The highest BCUT2D eigenvalue weighted by Gasteiger charge is 2.09. The largest absolute Gasteiger partial charge is 0.332 e. The molecule has 0 radical (unpaired) electrons. The van der Waals surface area contributed by atoms with Gasteiger partial charge in [-0.3, -0.25) is 4.68 Å². The minimum absolute atomic E-state index is 0.390. The van der Waals surface area contributed by atoms with Gasteiger partial charge in [0.2, 0.25) is 0 Å². The second-order valence-electron chi connectivity index (χ2n) is 5.36. The summed E-state index contributed by atoms with van der Waals surface area (Å²) in [5.74, 6) is 0.608. The fourth-order valence-corrected chi connectivity index (χ4v) is 3.24. The minimum atomic E-state index is 0.390. The van der Waals surface area contributed by atoms with Crippen LogP contribution in [0.5, 0.6) is 0 Å². The predicted molar refractivity (Wildman–Crippen MR) is 117 cm³/mol. The van der Waals surface area contributed by atoms with Crippen molar-refractivity contribution in [3.8, 4) is 0 Å². The summed E-state index contributed by atoms with van der Waals surface area (Å²) in [4.78, 5) is 0. The Morgan fingerprint density at radius 3 is 2.46 bits per heavy atom. The first-order valence-electron chi connectivity index (χ1n) is 7.41. The Kier molecular flexibility index (Phi) is 6.42. The summed E-state index contributed by atoms with van der Waals surface area (Å²) in [6.45, 7) is 0.616. The van der Waals surface area contributed by atoms with Crippen molar-refractivity contribution >= 4 is 79.6 Å². The number of rotatable bonds is 4. The van der Waals surface area contributed by atoms with Crippen LogP contribution >= 0.6 is 63.0 Å². The van der Waals surface area contributed by atoms with E-state index in [1.807, 2.05) is 30.5 Å². The quantitative estimate of drug-likeness (QED) is 0.412. The van der Waals surface area contributed by atoms with Crippen LogP contribution in [0.15, 0.2) is 53.1 Å². The molecule has 2 aromatic carbocycles. The van der Waals surface area contributed by atoms with Gasteiger partial charge in [-0.05, 0) is 64.0 Å². The molecule has 2 N–H and O–H groups in total. The molecular formula is C17H12BrCl3N4S. The maximum absolute atomic E-state index is 6.01. The number of nitrogens with zero attached hydrogens (tertiary/aromatic N) is 2. The van der Waals surface area contributed by atoms with Gasteiger partial charge in [0.25, 0.3) is 0 Å². The van der Waals surface area contributed by atoms with Gasteiger partial charge in [0.15, 0.2) is 10.9 Å². The Morgan fingerprint density at radius 1 is 1.04 bits per heavy atom. The number of halogens is 4. The Morgan fingerprint density at radius 2 is 1.77 bits per heavy atom. The number of benzene rings is 2. The van der Waals surface area contributed by atoms with Crippen LogP contribution < -0.4 is 10.6 Å². The van der Waals surface area contributed by atoms with Gasteiger partial charge < -0.3 is 10.6 Å². The normalized spacial score (nSPS) is 10.6. The molecular weight excluding hydrogens is 479 g/mol. The summed E-state index contributed by atoms with van der Waals surface area (Å²) in [7, 11) is 0. The topological polar surface area (TPSA) is 41.9 Å². The highest BCUT2D eigenvalue weighted by Crippen LogP contribution is 2.26. The van der Waals surface area contributed by atoms with E-state index in [-0.39, 0.29) is 0 Å². The minimum Gasteiger partial charge on any atom is -0.332 e. The van der Waals surface area contributed by atoms with E-state index in [4.69, 9.17) is 47.0 Å². The lowest BCUT2D eigenvalue weighted by Gasteiger charge is -2.09. The summed E-state index contributed by atoms with van der Waals surface area (Å²) in [6, 6.07) is 12.8. The lowest BCUT2D eigenvalue weighted by Crippen LogP contribution is -2.19. The molecule has 0 fully saturated rings. The number of anilines is 2. The second-order valence-corrected chi connectivity index (χ2v) is 7.87. The van der Waals surface area contributed by atoms with Crippen molar-refractivity contribution in [3.63, 3.8) is 0 Å². The van der Waals surface area contributed by atoms with E-state index < -0.39 is 0 Å². The van der Waals surface area contributed by atoms with E-state index in [0.29, 0.717) is 32.5 Å². The lowest BCUT2D eigenvalue weighted by molar-refractivity contribution is 0.689.